The summed E-state index contributed by atoms with van der Waals surface area (Å²) in [6.07, 6.45) is 0. The molecule has 0 aliphatic carbocycles. The second-order valence-corrected chi connectivity index (χ2v) is 6.88. The molecule has 1 aromatic heterocycles. The van der Waals surface area contributed by atoms with Crippen LogP contribution in [-0.4, -0.2) is 23.6 Å². The van der Waals surface area contributed by atoms with E-state index in [2.05, 4.69) is 35.3 Å². The van der Waals surface area contributed by atoms with Crippen molar-refractivity contribution in [2.75, 3.05) is 12.9 Å². The zero-order valence-corrected chi connectivity index (χ0v) is 14.6. The van der Waals surface area contributed by atoms with Crippen LogP contribution in [0.5, 0.6) is 5.75 Å². The van der Waals surface area contributed by atoms with E-state index >= 15 is 0 Å². The minimum atomic E-state index is 0.108. The predicted octanol–water partition coefficient (Wildman–Crippen LogP) is 5.30. The van der Waals surface area contributed by atoms with Crippen LogP contribution < -0.4 is 4.74 Å². The Morgan fingerprint density at radius 3 is 2.40 bits per heavy atom. The molecule has 0 saturated heterocycles. The van der Waals surface area contributed by atoms with Gasteiger partial charge in [-0.15, -0.1) is 11.8 Å². The SMILES string of the molecule is COc1ccc(C(=O)CSc2cc3cc4ccccc4cc3[nH]2)cc1. The molecule has 0 spiro atoms. The molecular formula is C21H17NO2S. The lowest BCUT2D eigenvalue weighted by Gasteiger charge is -2.02. The van der Waals surface area contributed by atoms with Crippen LogP contribution in [0, 0.1) is 0 Å². The molecule has 0 amide bonds. The number of benzene rings is 3. The molecule has 124 valence electrons. The summed E-state index contributed by atoms with van der Waals surface area (Å²) in [7, 11) is 1.62. The minimum Gasteiger partial charge on any atom is -0.497 e. The fourth-order valence-corrected chi connectivity index (χ4v) is 3.72. The van der Waals surface area contributed by atoms with E-state index in [0.717, 1.165) is 21.7 Å². The Hall–Kier alpha value is -2.72. The maximum Gasteiger partial charge on any atom is 0.173 e. The van der Waals surface area contributed by atoms with Gasteiger partial charge in [0.2, 0.25) is 0 Å². The van der Waals surface area contributed by atoms with Crippen molar-refractivity contribution in [3.8, 4) is 5.75 Å². The van der Waals surface area contributed by atoms with Crippen molar-refractivity contribution in [1.82, 2.24) is 4.98 Å². The van der Waals surface area contributed by atoms with Crippen LogP contribution >= 0.6 is 11.8 Å². The van der Waals surface area contributed by atoms with E-state index in [1.54, 1.807) is 19.2 Å². The number of Topliss-reactive ketones (excluding diaryl/α,β-unsaturated/α-hetero) is 1. The number of nitrogens with one attached hydrogen (secondary N) is 1. The van der Waals surface area contributed by atoms with Crippen molar-refractivity contribution < 1.29 is 9.53 Å². The topological polar surface area (TPSA) is 42.1 Å². The number of H-pyrrole nitrogens is 1. The van der Waals surface area contributed by atoms with Gasteiger partial charge in [0.1, 0.15) is 5.75 Å². The number of carbonyl (C=O) groups is 1. The zero-order chi connectivity index (χ0) is 17.2. The second-order valence-electron chi connectivity index (χ2n) is 5.86. The summed E-state index contributed by atoms with van der Waals surface area (Å²) < 4.78 is 5.12. The first kappa shape index (κ1) is 15.8. The number of ketones is 1. The highest BCUT2D eigenvalue weighted by Gasteiger charge is 2.09. The third-order valence-corrected chi connectivity index (χ3v) is 5.17. The van der Waals surface area contributed by atoms with E-state index in [9.17, 15) is 4.79 Å². The van der Waals surface area contributed by atoms with Crippen molar-refractivity contribution >= 4 is 39.2 Å². The first-order valence-corrected chi connectivity index (χ1v) is 9.03. The van der Waals surface area contributed by atoms with Crippen LogP contribution in [0.25, 0.3) is 21.7 Å². The van der Waals surface area contributed by atoms with Crippen LogP contribution in [0.1, 0.15) is 10.4 Å². The van der Waals surface area contributed by atoms with Gasteiger partial charge in [-0.3, -0.25) is 4.79 Å². The minimum absolute atomic E-state index is 0.108. The Morgan fingerprint density at radius 1 is 0.960 bits per heavy atom. The molecule has 3 aromatic carbocycles. The number of aromatic nitrogens is 1. The quantitative estimate of drug-likeness (QED) is 0.393. The monoisotopic (exact) mass is 347 g/mol. The Morgan fingerprint density at radius 2 is 1.68 bits per heavy atom. The van der Waals surface area contributed by atoms with Crippen LogP contribution in [-0.2, 0) is 0 Å². The summed E-state index contributed by atoms with van der Waals surface area (Å²) in [5.74, 6) is 1.27. The number of rotatable bonds is 5. The summed E-state index contributed by atoms with van der Waals surface area (Å²) in [4.78, 5) is 15.8. The van der Waals surface area contributed by atoms with E-state index < -0.39 is 0 Å². The Bertz CT molecular complexity index is 998. The number of carbonyl (C=O) groups excluding carboxylic acids is 1. The molecule has 4 rings (SSSR count). The molecular weight excluding hydrogens is 330 g/mol. The third kappa shape index (κ3) is 3.26. The molecule has 4 heteroatoms. The van der Waals surface area contributed by atoms with Gasteiger partial charge in [0.25, 0.3) is 0 Å². The average Bonchev–Trinajstić information content (AvgIpc) is 3.06. The molecule has 3 nitrogen and oxygen atoms in total. The lowest BCUT2D eigenvalue weighted by Crippen LogP contribution is -2.02. The van der Waals surface area contributed by atoms with Gasteiger partial charge in [0.05, 0.1) is 17.9 Å². The molecule has 0 fully saturated rings. The number of hydrogen-bond donors (Lipinski definition) is 1. The van der Waals surface area contributed by atoms with Crippen molar-refractivity contribution in [3.63, 3.8) is 0 Å². The Balaban J connectivity index is 1.51. The number of methoxy groups -OCH3 is 1. The standard InChI is InChI=1S/C21H17NO2S/c1-24-18-8-6-14(7-9-18)20(23)13-25-21-12-17-10-15-4-2-3-5-16(15)11-19(17)22-21/h2-12,22H,13H2,1H3. The fourth-order valence-electron chi connectivity index (χ4n) is 2.88. The molecule has 0 bridgehead atoms. The molecule has 0 aliphatic rings. The van der Waals surface area contributed by atoms with E-state index in [0.29, 0.717) is 11.3 Å². The summed E-state index contributed by atoms with van der Waals surface area (Å²) in [5.41, 5.74) is 1.80. The van der Waals surface area contributed by atoms with E-state index in [1.165, 1.54) is 22.5 Å². The molecule has 1 N–H and O–H groups in total. The normalized spacial score (nSPS) is 11.1. The van der Waals surface area contributed by atoms with Crippen molar-refractivity contribution in [2.45, 2.75) is 5.03 Å². The zero-order valence-electron chi connectivity index (χ0n) is 13.8. The Kier molecular flexibility index (Phi) is 4.20. The average molecular weight is 347 g/mol. The van der Waals surface area contributed by atoms with E-state index in [4.69, 9.17) is 4.74 Å². The lowest BCUT2D eigenvalue weighted by atomic mass is 10.1. The molecule has 0 saturated carbocycles. The first-order valence-electron chi connectivity index (χ1n) is 8.04. The second kappa shape index (κ2) is 6.65. The van der Waals surface area contributed by atoms with Gasteiger partial charge in [-0.1, -0.05) is 24.3 Å². The maximum atomic E-state index is 12.3. The number of ether oxygens (including phenoxy) is 1. The highest BCUT2D eigenvalue weighted by Crippen LogP contribution is 2.28. The molecule has 0 aliphatic heterocycles. The van der Waals surface area contributed by atoms with E-state index in [1.807, 2.05) is 24.3 Å². The number of aromatic amines is 1. The van der Waals surface area contributed by atoms with Crippen molar-refractivity contribution in [2.24, 2.45) is 0 Å². The van der Waals surface area contributed by atoms with Gasteiger partial charge in [-0.2, -0.15) is 0 Å². The number of thioether (sulfide) groups is 1. The fraction of sp³-hybridized carbons (Fsp3) is 0.0952. The van der Waals surface area contributed by atoms with Crippen molar-refractivity contribution in [3.05, 3.63) is 72.3 Å². The van der Waals surface area contributed by atoms with Crippen molar-refractivity contribution in [1.29, 1.82) is 0 Å². The van der Waals surface area contributed by atoms with Gasteiger partial charge in [-0.05, 0) is 53.2 Å². The smallest absolute Gasteiger partial charge is 0.173 e. The van der Waals surface area contributed by atoms with Gasteiger partial charge in [0, 0.05) is 16.5 Å². The van der Waals surface area contributed by atoms with Gasteiger partial charge < -0.3 is 9.72 Å². The maximum absolute atomic E-state index is 12.3. The molecule has 1 heterocycles. The van der Waals surface area contributed by atoms with Gasteiger partial charge >= 0.3 is 0 Å². The molecule has 0 atom stereocenters. The van der Waals surface area contributed by atoms with Crippen LogP contribution in [0.15, 0.2) is 71.8 Å². The molecule has 25 heavy (non-hydrogen) atoms. The highest BCUT2D eigenvalue weighted by molar-refractivity contribution is 8.00. The number of hydrogen-bond acceptors (Lipinski definition) is 3. The van der Waals surface area contributed by atoms with Crippen LogP contribution in [0.2, 0.25) is 0 Å². The van der Waals surface area contributed by atoms with E-state index in [-0.39, 0.29) is 5.78 Å². The summed E-state index contributed by atoms with van der Waals surface area (Å²) >= 11 is 1.53. The molecule has 4 aromatic rings. The highest BCUT2D eigenvalue weighted by atomic mass is 32.2. The van der Waals surface area contributed by atoms with Crippen LogP contribution in [0.4, 0.5) is 0 Å². The number of fused-ring (bicyclic) bond motifs is 2. The van der Waals surface area contributed by atoms with Crippen LogP contribution in [0.3, 0.4) is 0 Å². The lowest BCUT2D eigenvalue weighted by molar-refractivity contribution is 0.102. The molecule has 0 radical (unpaired) electrons. The van der Waals surface area contributed by atoms with Gasteiger partial charge in [0.15, 0.2) is 5.78 Å². The predicted molar refractivity (Wildman–Crippen MR) is 104 cm³/mol. The molecule has 0 unspecified atom stereocenters. The first-order chi connectivity index (χ1) is 12.2. The van der Waals surface area contributed by atoms with Gasteiger partial charge in [-0.25, -0.2) is 0 Å². The summed E-state index contributed by atoms with van der Waals surface area (Å²) in [6, 6.07) is 22.0. The summed E-state index contributed by atoms with van der Waals surface area (Å²) in [5, 5.41) is 4.60. The summed E-state index contributed by atoms with van der Waals surface area (Å²) in [6.45, 7) is 0. The Labute approximate surface area is 150 Å². The largest absolute Gasteiger partial charge is 0.497 e. The third-order valence-electron chi connectivity index (χ3n) is 4.23.